The van der Waals surface area contributed by atoms with Crippen LogP contribution in [-0.4, -0.2) is 52.1 Å². The second-order valence-corrected chi connectivity index (χ2v) is 6.60. The quantitative estimate of drug-likeness (QED) is 0.850. The summed E-state index contributed by atoms with van der Waals surface area (Å²) >= 11 is 1.72. The Kier molecular flexibility index (Phi) is 6.05. The maximum Gasteiger partial charge on any atom is 0.239 e. The van der Waals surface area contributed by atoms with E-state index in [2.05, 4.69) is 10.1 Å². The number of likely N-dealkylation sites (tertiary alicyclic amines) is 1. The molecule has 1 aliphatic rings. The molecule has 0 aliphatic carbocycles. The van der Waals surface area contributed by atoms with Gasteiger partial charge in [0.15, 0.2) is 5.82 Å². The fourth-order valence-corrected chi connectivity index (χ4v) is 3.21. The first kappa shape index (κ1) is 16.3. The van der Waals surface area contributed by atoms with Gasteiger partial charge in [-0.3, -0.25) is 4.79 Å². The van der Waals surface area contributed by atoms with Crippen LogP contribution in [0.1, 0.15) is 31.0 Å². The van der Waals surface area contributed by atoms with Crippen LogP contribution in [0.15, 0.2) is 4.52 Å². The van der Waals surface area contributed by atoms with Crippen LogP contribution >= 0.6 is 11.8 Å². The topological polar surface area (TPSA) is 85.3 Å². The lowest BCUT2D eigenvalue weighted by molar-refractivity contribution is -0.134. The summed E-state index contributed by atoms with van der Waals surface area (Å²) in [6, 6.07) is -0.372. The second-order valence-electron chi connectivity index (χ2n) is 5.61. The zero-order chi connectivity index (χ0) is 15.2. The Balaban J connectivity index is 1.86. The number of aryl methyl sites for hydroxylation is 1. The molecule has 118 valence electrons. The molecule has 1 aromatic rings. The number of piperidine rings is 1. The molecule has 0 unspecified atom stereocenters. The third kappa shape index (κ3) is 4.71. The minimum absolute atomic E-state index is 0.0815. The molecular weight excluding hydrogens is 288 g/mol. The van der Waals surface area contributed by atoms with Crippen LogP contribution in [0.25, 0.3) is 0 Å². The Morgan fingerprint density at radius 2 is 2.43 bits per heavy atom. The van der Waals surface area contributed by atoms with Gasteiger partial charge in [-0.15, -0.1) is 0 Å². The molecule has 1 fully saturated rings. The Bertz CT molecular complexity index is 466. The van der Waals surface area contributed by atoms with Crippen molar-refractivity contribution >= 4 is 17.7 Å². The van der Waals surface area contributed by atoms with Crippen molar-refractivity contribution in [3.05, 3.63) is 11.7 Å². The molecular formula is C14H24N4O2S. The second kappa shape index (κ2) is 7.79. The molecule has 0 aromatic carbocycles. The third-order valence-corrected chi connectivity index (χ3v) is 4.47. The van der Waals surface area contributed by atoms with E-state index in [1.54, 1.807) is 18.7 Å². The highest BCUT2D eigenvalue weighted by atomic mass is 32.2. The van der Waals surface area contributed by atoms with Crippen LogP contribution in [0.2, 0.25) is 0 Å². The highest BCUT2D eigenvalue weighted by Crippen LogP contribution is 2.20. The molecule has 2 atom stereocenters. The number of thioether (sulfide) groups is 1. The monoisotopic (exact) mass is 312 g/mol. The summed E-state index contributed by atoms with van der Waals surface area (Å²) in [7, 11) is 0. The summed E-state index contributed by atoms with van der Waals surface area (Å²) in [4.78, 5) is 18.5. The van der Waals surface area contributed by atoms with Crippen LogP contribution in [0.4, 0.5) is 0 Å². The first-order valence-corrected chi connectivity index (χ1v) is 8.82. The molecule has 1 amide bonds. The van der Waals surface area contributed by atoms with E-state index in [-0.39, 0.29) is 11.9 Å². The standard InChI is InChI=1S/C14H24N4O2S/c1-10-16-13(17-20-10)8-11-4-3-6-18(9-11)14(19)12(15)5-7-21-2/h11-12H,3-9,15H2,1-2H3/t11-,12-/m1/s1. The molecule has 21 heavy (non-hydrogen) atoms. The largest absolute Gasteiger partial charge is 0.341 e. The van der Waals surface area contributed by atoms with Crippen LogP contribution in [0, 0.1) is 12.8 Å². The minimum Gasteiger partial charge on any atom is -0.341 e. The van der Waals surface area contributed by atoms with Crippen LogP contribution < -0.4 is 5.73 Å². The Hall–Kier alpha value is -1.08. The highest BCUT2D eigenvalue weighted by molar-refractivity contribution is 7.98. The van der Waals surface area contributed by atoms with Crippen LogP contribution in [-0.2, 0) is 11.2 Å². The van der Waals surface area contributed by atoms with Gasteiger partial charge in [-0.05, 0) is 37.2 Å². The number of hydrogen-bond acceptors (Lipinski definition) is 6. The third-order valence-electron chi connectivity index (χ3n) is 3.82. The lowest BCUT2D eigenvalue weighted by atomic mass is 9.94. The lowest BCUT2D eigenvalue weighted by Crippen LogP contribution is -2.48. The summed E-state index contributed by atoms with van der Waals surface area (Å²) < 4.78 is 5.00. The number of hydrogen-bond donors (Lipinski definition) is 1. The average molecular weight is 312 g/mol. The predicted octanol–water partition coefficient (Wildman–Crippen LogP) is 1.24. The maximum atomic E-state index is 12.3. The summed E-state index contributed by atoms with van der Waals surface area (Å²) in [6.07, 6.45) is 5.65. The number of carbonyl (C=O) groups is 1. The zero-order valence-electron chi connectivity index (χ0n) is 12.7. The van der Waals surface area contributed by atoms with E-state index in [4.69, 9.17) is 10.3 Å². The van der Waals surface area contributed by atoms with E-state index in [1.807, 2.05) is 11.2 Å². The molecule has 7 heteroatoms. The summed E-state index contributed by atoms with van der Waals surface area (Å²) in [5.41, 5.74) is 5.99. The van der Waals surface area contributed by atoms with Crippen molar-refractivity contribution in [3.63, 3.8) is 0 Å². The lowest BCUT2D eigenvalue weighted by Gasteiger charge is -2.33. The fourth-order valence-electron chi connectivity index (χ4n) is 2.72. The molecule has 1 aromatic heterocycles. The van der Waals surface area contributed by atoms with Crippen LogP contribution in [0.3, 0.4) is 0 Å². The first-order chi connectivity index (χ1) is 10.1. The summed E-state index contributed by atoms with van der Waals surface area (Å²) in [5.74, 6) is 2.73. The van der Waals surface area contributed by atoms with Gasteiger partial charge < -0.3 is 15.2 Å². The summed E-state index contributed by atoms with van der Waals surface area (Å²) in [5, 5.41) is 3.94. The van der Waals surface area contributed by atoms with Crippen LogP contribution in [0.5, 0.6) is 0 Å². The first-order valence-electron chi connectivity index (χ1n) is 7.42. The Labute approximate surface area is 129 Å². The smallest absolute Gasteiger partial charge is 0.239 e. The van der Waals surface area contributed by atoms with Crippen molar-refractivity contribution in [1.82, 2.24) is 15.0 Å². The molecule has 0 radical (unpaired) electrons. The molecule has 0 spiro atoms. The van der Waals surface area contributed by atoms with Crippen molar-refractivity contribution in [2.24, 2.45) is 11.7 Å². The van der Waals surface area contributed by atoms with Gasteiger partial charge in [0, 0.05) is 26.4 Å². The number of carbonyl (C=O) groups excluding carboxylic acids is 1. The van der Waals surface area contributed by atoms with Gasteiger partial charge in [0.05, 0.1) is 6.04 Å². The predicted molar refractivity (Wildman–Crippen MR) is 83.0 cm³/mol. The molecule has 2 N–H and O–H groups in total. The van der Waals surface area contributed by atoms with E-state index in [1.165, 1.54) is 0 Å². The molecule has 6 nitrogen and oxygen atoms in total. The number of amides is 1. The van der Waals surface area contributed by atoms with Gasteiger partial charge in [-0.1, -0.05) is 5.16 Å². The number of nitrogens with two attached hydrogens (primary N) is 1. The highest BCUT2D eigenvalue weighted by Gasteiger charge is 2.27. The Morgan fingerprint density at radius 1 is 1.62 bits per heavy atom. The van der Waals surface area contributed by atoms with E-state index in [0.717, 1.165) is 50.4 Å². The number of nitrogens with zero attached hydrogens (tertiary/aromatic N) is 3. The van der Waals surface area contributed by atoms with Gasteiger partial charge >= 0.3 is 0 Å². The van der Waals surface area contributed by atoms with Gasteiger partial charge in [0.25, 0.3) is 0 Å². The summed E-state index contributed by atoms with van der Waals surface area (Å²) in [6.45, 7) is 3.35. The van der Waals surface area contributed by atoms with Gasteiger partial charge in [0.2, 0.25) is 11.8 Å². The zero-order valence-corrected chi connectivity index (χ0v) is 13.6. The van der Waals surface area contributed by atoms with Gasteiger partial charge in [0.1, 0.15) is 0 Å². The molecule has 0 bridgehead atoms. The average Bonchev–Trinajstić information content (AvgIpc) is 2.89. The van der Waals surface area contributed by atoms with Crippen molar-refractivity contribution in [2.75, 3.05) is 25.1 Å². The van der Waals surface area contributed by atoms with E-state index < -0.39 is 0 Å². The van der Waals surface area contributed by atoms with Crippen molar-refractivity contribution in [3.8, 4) is 0 Å². The number of aromatic nitrogens is 2. The molecule has 0 saturated carbocycles. The Morgan fingerprint density at radius 3 is 3.10 bits per heavy atom. The SMILES string of the molecule is CSCC[C@@H](N)C(=O)N1CCC[C@H](Cc2noc(C)n2)C1. The minimum atomic E-state index is -0.372. The molecule has 1 saturated heterocycles. The maximum absolute atomic E-state index is 12.3. The van der Waals surface area contributed by atoms with E-state index in [9.17, 15) is 4.79 Å². The van der Waals surface area contributed by atoms with E-state index in [0.29, 0.717) is 11.8 Å². The van der Waals surface area contributed by atoms with Crippen molar-refractivity contribution < 1.29 is 9.32 Å². The van der Waals surface area contributed by atoms with E-state index >= 15 is 0 Å². The van der Waals surface area contributed by atoms with Crippen molar-refractivity contribution in [1.29, 1.82) is 0 Å². The molecule has 2 heterocycles. The molecule has 2 rings (SSSR count). The number of rotatable bonds is 6. The van der Waals surface area contributed by atoms with Crippen molar-refractivity contribution in [2.45, 2.75) is 38.6 Å². The van der Waals surface area contributed by atoms with Gasteiger partial charge in [-0.2, -0.15) is 16.7 Å². The molecule has 1 aliphatic heterocycles. The van der Waals surface area contributed by atoms with Gasteiger partial charge in [-0.25, -0.2) is 0 Å². The fraction of sp³-hybridized carbons (Fsp3) is 0.786. The normalized spacial score (nSPS) is 20.5.